The van der Waals surface area contributed by atoms with Crippen molar-refractivity contribution in [1.82, 2.24) is 10.2 Å². The molecule has 224 valence electrons. The van der Waals surface area contributed by atoms with Gasteiger partial charge in [-0.25, -0.2) is 8.42 Å². The Morgan fingerprint density at radius 3 is 2.12 bits per heavy atom. The van der Waals surface area contributed by atoms with E-state index in [-0.39, 0.29) is 29.5 Å². The number of benzene rings is 4. The zero-order valence-electron chi connectivity index (χ0n) is 24.9. The number of carbonyl (C=O) groups is 2. The van der Waals surface area contributed by atoms with Gasteiger partial charge in [0, 0.05) is 20.0 Å². The SMILES string of the molecule is CNC(=O)C(Cc1ccccc1)N(Cc1ccccc1C)C(=O)CN(c1ccccc1OC)S(=O)(=O)c1ccc(C)cc1. The fraction of sp³-hybridized carbons (Fsp3) is 0.235. The summed E-state index contributed by atoms with van der Waals surface area (Å²) in [5, 5.41) is 2.70. The fourth-order valence-electron chi connectivity index (χ4n) is 4.88. The molecule has 0 fully saturated rings. The van der Waals surface area contributed by atoms with E-state index in [9.17, 15) is 18.0 Å². The number of nitrogens with one attached hydrogen (secondary N) is 1. The van der Waals surface area contributed by atoms with Crippen molar-refractivity contribution in [2.24, 2.45) is 0 Å². The van der Waals surface area contributed by atoms with Crippen LogP contribution in [0.3, 0.4) is 0 Å². The second-order valence-electron chi connectivity index (χ2n) is 10.3. The van der Waals surface area contributed by atoms with Gasteiger partial charge in [-0.2, -0.15) is 0 Å². The van der Waals surface area contributed by atoms with Gasteiger partial charge in [0.05, 0.1) is 17.7 Å². The quantitative estimate of drug-likeness (QED) is 0.250. The number of amides is 2. The van der Waals surface area contributed by atoms with Gasteiger partial charge in [-0.3, -0.25) is 13.9 Å². The number of sulfonamides is 1. The van der Waals surface area contributed by atoms with Crippen molar-refractivity contribution < 1.29 is 22.7 Å². The number of para-hydroxylation sites is 2. The number of ether oxygens (including phenoxy) is 1. The van der Waals surface area contributed by atoms with Crippen molar-refractivity contribution in [2.45, 2.75) is 37.8 Å². The number of anilines is 1. The van der Waals surface area contributed by atoms with E-state index in [4.69, 9.17) is 4.74 Å². The standard InChI is InChI=1S/C34H37N3O5S/c1-25-18-20-29(21-19-25)43(40,41)37(30-16-10-11-17-32(30)42-4)24-33(38)36(23-28-15-9-8-12-26(28)2)31(34(39)35-3)22-27-13-6-5-7-14-27/h5-21,31H,22-24H2,1-4H3,(H,35,39). The summed E-state index contributed by atoms with van der Waals surface area (Å²) in [5.41, 5.74) is 3.78. The van der Waals surface area contributed by atoms with Crippen LogP contribution in [0.2, 0.25) is 0 Å². The molecule has 0 saturated heterocycles. The summed E-state index contributed by atoms with van der Waals surface area (Å²) in [6, 6.07) is 29.3. The lowest BCUT2D eigenvalue weighted by molar-refractivity contribution is -0.139. The molecular formula is C34H37N3O5S. The van der Waals surface area contributed by atoms with Gasteiger partial charge in [-0.1, -0.05) is 84.4 Å². The predicted octanol–water partition coefficient (Wildman–Crippen LogP) is 4.89. The highest BCUT2D eigenvalue weighted by Crippen LogP contribution is 2.33. The highest BCUT2D eigenvalue weighted by atomic mass is 32.2. The molecular weight excluding hydrogens is 562 g/mol. The van der Waals surface area contributed by atoms with Crippen LogP contribution in [0.5, 0.6) is 5.75 Å². The van der Waals surface area contributed by atoms with Gasteiger partial charge in [0.15, 0.2) is 0 Å². The lowest BCUT2D eigenvalue weighted by Gasteiger charge is -2.34. The minimum Gasteiger partial charge on any atom is -0.495 e. The number of aryl methyl sites for hydroxylation is 2. The van der Waals surface area contributed by atoms with Crippen molar-refractivity contribution in [3.8, 4) is 5.75 Å². The fourth-order valence-corrected chi connectivity index (χ4v) is 6.30. The van der Waals surface area contributed by atoms with Crippen LogP contribution < -0.4 is 14.4 Å². The third-order valence-electron chi connectivity index (χ3n) is 7.36. The molecule has 0 aliphatic carbocycles. The van der Waals surface area contributed by atoms with Crippen LogP contribution in [-0.4, -0.2) is 51.9 Å². The van der Waals surface area contributed by atoms with E-state index in [1.807, 2.05) is 68.4 Å². The van der Waals surface area contributed by atoms with Crippen LogP contribution in [-0.2, 0) is 32.6 Å². The van der Waals surface area contributed by atoms with Gasteiger partial charge in [0.25, 0.3) is 10.0 Å². The van der Waals surface area contributed by atoms with Crippen LogP contribution in [0.4, 0.5) is 5.69 Å². The number of carbonyl (C=O) groups excluding carboxylic acids is 2. The minimum absolute atomic E-state index is 0.0365. The van der Waals surface area contributed by atoms with E-state index >= 15 is 0 Å². The summed E-state index contributed by atoms with van der Waals surface area (Å²) < 4.78 is 34.9. The normalized spacial score (nSPS) is 11.8. The van der Waals surface area contributed by atoms with Crippen molar-refractivity contribution in [2.75, 3.05) is 25.0 Å². The molecule has 1 unspecified atom stereocenters. The molecule has 0 heterocycles. The Bertz CT molecular complexity index is 1660. The smallest absolute Gasteiger partial charge is 0.264 e. The Morgan fingerprint density at radius 1 is 0.837 bits per heavy atom. The molecule has 4 rings (SSSR count). The molecule has 9 heteroatoms. The third-order valence-corrected chi connectivity index (χ3v) is 9.14. The average molecular weight is 600 g/mol. The first-order valence-corrected chi connectivity index (χ1v) is 15.4. The van der Waals surface area contributed by atoms with Gasteiger partial charge in [0.1, 0.15) is 18.3 Å². The number of hydrogen-bond acceptors (Lipinski definition) is 5. The first-order chi connectivity index (χ1) is 20.6. The summed E-state index contributed by atoms with van der Waals surface area (Å²) >= 11 is 0. The van der Waals surface area contributed by atoms with Crippen LogP contribution >= 0.6 is 0 Å². The average Bonchev–Trinajstić information content (AvgIpc) is 3.02. The first-order valence-electron chi connectivity index (χ1n) is 14.0. The maximum absolute atomic E-state index is 14.4. The molecule has 1 atom stereocenters. The molecule has 0 radical (unpaired) electrons. The van der Waals surface area contributed by atoms with E-state index in [1.165, 1.54) is 31.2 Å². The highest BCUT2D eigenvalue weighted by Gasteiger charge is 2.35. The molecule has 0 saturated carbocycles. The molecule has 0 bridgehead atoms. The molecule has 43 heavy (non-hydrogen) atoms. The number of nitrogens with zero attached hydrogens (tertiary/aromatic N) is 2. The van der Waals surface area contributed by atoms with Crippen molar-refractivity contribution in [3.05, 3.63) is 125 Å². The highest BCUT2D eigenvalue weighted by molar-refractivity contribution is 7.92. The zero-order valence-corrected chi connectivity index (χ0v) is 25.7. The number of hydrogen-bond donors (Lipinski definition) is 1. The second-order valence-corrected chi connectivity index (χ2v) is 12.1. The molecule has 0 aliphatic rings. The second kappa shape index (κ2) is 14.0. The first kappa shape index (κ1) is 31.3. The van der Waals surface area contributed by atoms with Crippen LogP contribution in [0.15, 0.2) is 108 Å². The maximum Gasteiger partial charge on any atom is 0.264 e. The largest absolute Gasteiger partial charge is 0.495 e. The molecule has 4 aromatic rings. The number of methoxy groups -OCH3 is 1. The van der Waals surface area contributed by atoms with E-state index in [0.29, 0.717) is 5.75 Å². The van der Waals surface area contributed by atoms with Crippen LogP contribution in [0.1, 0.15) is 22.3 Å². The zero-order chi connectivity index (χ0) is 31.0. The van der Waals surface area contributed by atoms with Gasteiger partial charge in [0.2, 0.25) is 11.8 Å². The van der Waals surface area contributed by atoms with Crippen molar-refractivity contribution in [1.29, 1.82) is 0 Å². The van der Waals surface area contributed by atoms with Gasteiger partial charge < -0.3 is 15.0 Å². The summed E-state index contributed by atoms with van der Waals surface area (Å²) in [6.07, 6.45) is 0.248. The van der Waals surface area contributed by atoms with Gasteiger partial charge >= 0.3 is 0 Å². The third kappa shape index (κ3) is 7.42. The van der Waals surface area contributed by atoms with E-state index in [0.717, 1.165) is 26.6 Å². The lowest BCUT2D eigenvalue weighted by Crippen LogP contribution is -2.53. The Labute approximate surface area is 254 Å². The monoisotopic (exact) mass is 599 g/mol. The Hall–Kier alpha value is -4.63. The van der Waals surface area contributed by atoms with Crippen LogP contribution in [0, 0.1) is 13.8 Å². The topological polar surface area (TPSA) is 96.0 Å². The molecule has 1 N–H and O–H groups in total. The molecule has 0 spiro atoms. The van der Waals surface area contributed by atoms with E-state index in [2.05, 4.69) is 5.32 Å². The Kier molecular flexibility index (Phi) is 10.2. The summed E-state index contributed by atoms with van der Waals surface area (Å²) in [5.74, 6) is -0.589. The molecule has 0 aromatic heterocycles. The summed E-state index contributed by atoms with van der Waals surface area (Å²) in [7, 11) is -1.24. The lowest BCUT2D eigenvalue weighted by atomic mass is 10.0. The van der Waals surface area contributed by atoms with Gasteiger partial charge in [-0.15, -0.1) is 0 Å². The summed E-state index contributed by atoms with van der Waals surface area (Å²) in [6.45, 7) is 3.37. The van der Waals surface area contributed by atoms with Gasteiger partial charge in [-0.05, 0) is 54.8 Å². The van der Waals surface area contributed by atoms with Crippen molar-refractivity contribution in [3.63, 3.8) is 0 Å². The maximum atomic E-state index is 14.4. The number of rotatable bonds is 12. The Balaban J connectivity index is 1.82. The summed E-state index contributed by atoms with van der Waals surface area (Å²) in [4.78, 5) is 29.3. The van der Waals surface area contributed by atoms with E-state index in [1.54, 1.807) is 36.4 Å². The van der Waals surface area contributed by atoms with Crippen molar-refractivity contribution >= 4 is 27.5 Å². The Morgan fingerprint density at radius 2 is 1.47 bits per heavy atom. The minimum atomic E-state index is -4.22. The van der Waals surface area contributed by atoms with Crippen LogP contribution in [0.25, 0.3) is 0 Å². The predicted molar refractivity (Wildman–Crippen MR) is 168 cm³/mol. The molecule has 8 nitrogen and oxygen atoms in total. The molecule has 0 aliphatic heterocycles. The van der Waals surface area contributed by atoms with E-state index < -0.39 is 28.5 Å². The molecule has 2 amide bonds. The molecule has 4 aromatic carbocycles. The number of likely N-dealkylation sites (N-methyl/N-ethyl adjacent to an activating group) is 1.